The van der Waals surface area contributed by atoms with Crippen LogP contribution in [0.4, 0.5) is 0 Å². The molecule has 1 aliphatic carbocycles. The van der Waals surface area contributed by atoms with Crippen LogP contribution >= 0.6 is 0 Å². The van der Waals surface area contributed by atoms with E-state index in [9.17, 15) is 0 Å². The van der Waals surface area contributed by atoms with E-state index in [1.807, 2.05) is 0 Å². The highest BCUT2D eigenvalue weighted by Gasteiger charge is 2.37. The Morgan fingerprint density at radius 2 is 0.526 bits per heavy atom. The summed E-state index contributed by atoms with van der Waals surface area (Å²) in [5.74, 6) is 4.24. The first-order chi connectivity index (χ1) is 18.8. The molecule has 0 bridgehead atoms. The Morgan fingerprint density at radius 1 is 0.289 bits per heavy atom. The predicted octanol–water partition coefficient (Wildman–Crippen LogP) is 14.2. The molecule has 1 aliphatic rings. The van der Waals surface area contributed by atoms with Crippen LogP contribution < -0.4 is 0 Å². The van der Waals surface area contributed by atoms with Crippen molar-refractivity contribution < 1.29 is 0 Å². The van der Waals surface area contributed by atoms with Crippen molar-refractivity contribution in [3.8, 4) is 0 Å². The SMILES string of the molecule is CCCCCCCCCC1CCC(CCCCCC)C(CCCCCCCC)C1CCCCCCCCC. The molecule has 0 heterocycles. The molecular weight excluding hydrogens is 456 g/mol. The van der Waals surface area contributed by atoms with Crippen LogP contribution in [0.25, 0.3) is 0 Å². The molecule has 0 N–H and O–H groups in total. The van der Waals surface area contributed by atoms with Crippen LogP contribution in [-0.4, -0.2) is 0 Å². The molecule has 0 spiro atoms. The molecule has 0 aromatic heterocycles. The Balaban J connectivity index is 2.70. The molecule has 4 unspecified atom stereocenters. The van der Waals surface area contributed by atoms with Crippen LogP contribution in [0, 0.1) is 23.7 Å². The lowest BCUT2D eigenvalue weighted by Crippen LogP contribution is -2.35. The van der Waals surface area contributed by atoms with E-state index in [1.54, 1.807) is 38.5 Å². The molecule has 0 saturated heterocycles. The number of rotatable bonds is 28. The molecule has 0 heteroatoms. The number of unbranched alkanes of at least 4 members (excludes halogenated alkanes) is 20. The average Bonchev–Trinajstić information content (AvgIpc) is 2.93. The summed E-state index contributed by atoms with van der Waals surface area (Å²) in [4.78, 5) is 0. The van der Waals surface area contributed by atoms with Gasteiger partial charge >= 0.3 is 0 Å². The van der Waals surface area contributed by atoms with E-state index in [-0.39, 0.29) is 0 Å². The summed E-state index contributed by atoms with van der Waals surface area (Å²) in [5, 5.41) is 0. The molecule has 228 valence electrons. The van der Waals surface area contributed by atoms with Crippen molar-refractivity contribution in [2.45, 2.75) is 220 Å². The minimum absolute atomic E-state index is 1.06. The van der Waals surface area contributed by atoms with Gasteiger partial charge in [-0.1, -0.05) is 195 Å². The van der Waals surface area contributed by atoms with Gasteiger partial charge in [-0.2, -0.15) is 0 Å². The van der Waals surface area contributed by atoms with Gasteiger partial charge in [0.25, 0.3) is 0 Å². The van der Waals surface area contributed by atoms with Crippen LogP contribution in [-0.2, 0) is 0 Å². The molecule has 1 saturated carbocycles. The predicted molar refractivity (Wildman–Crippen MR) is 175 cm³/mol. The van der Waals surface area contributed by atoms with Crippen molar-refractivity contribution in [1.29, 1.82) is 0 Å². The summed E-state index contributed by atoms with van der Waals surface area (Å²) in [6.45, 7) is 9.41. The molecule has 0 aromatic carbocycles. The third kappa shape index (κ3) is 18.4. The molecule has 0 amide bonds. The maximum absolute atomic E-state index is 2.37. The van der Waals surface area contributed by atoms with Crippen molar-refractivity contribution in [1.82, 2.24) is 0 Å². The molecule has 1 fully saturated rings. The fourth-order valence-electron chi connectivity index (χ4n) is 7.87. The van der Waals surface area contributed by atoms with Gasteiger partial charge < -0.3 is 0 Å². The molecule has 38 heavy (non-hydrogen) atoms. The average molecular weight is 533 g/mol. The van der Waals surface area contributed by atoms with Crippen molar-refractivity contribution in [2.75, 3.05) is 0 Å². The minimum atomic E-state index is 1.06. The molecule has 0 aliphatic heterocycles. The smallest absolute Gasteiger partial charge is 0.0355 e. The first-order valence-electron chi connectivity index (χ1n) is 18.8. The first kappa shape index (κ1) is 36.0. The summed E-state index contributed by atoms with van der Waals surface area (Å²) in [7, 11) is 0. The second-order valence-corrected chi connectivity index (χ2v) is 13.7. The third-order valence-corrected chi connectivity index (χ3v) is 10.3. The van der Waals surface area contributed by atoms with Crippen molar-refractivity contribution in [2.24, 2.45) is 23.7 Å². The lowest BCUT2D eigenvalue weighted by Gasteiger charge is -2.44. The summed E-state index contributed by atoms with van der Waals surface area (Å²) in [6.07, 6.45) is 44.7. The summed E-state index contributed by atoms with van der Waals surface area (Å²) < 4.78 is 0. The van der Waals surface area contributed by atoms with Gasteiger partial charge in [-0.25, -0.2) is 0 Å². The van der Waals surface area contributed by atoms with Gasteiger partial charge in [0, 0.05) is 0 Å². The monoisotopic (exact) mass is 533 g/mol. The Hall–Kier alpha value is 0. The third-order valence-electron chi connectivity index (χ3n) is 10.3. The van der Waals surface area contributed by atoms with E-state index in [1.165, 1.54) is 154 Å². The highest BCUT2D eigenvalue weighted by atomic mass is 14.4. The lowest BCUT2D eigenvalue weighted by atomic mass is 9.61. The minimum Gasteiger partial charge on any atom is -0.0654 e. The maximum atomic E-state index is 2.37. The van der Waals surface area contributed by atoms with Gasteiger partial charge in [-0.05, 0) is 49.4 Å². The number of hydrogen-bond acceptors (Lipinski definition) is 0. The Morgan fingerprint density at radius 3 is 0.842 bits per heavy atom. The van der Waals surface area contributed by atoms with E-state index >= 15 is 0 Å². The maximum Gasteiger partial charge on any atom is -0.0355 e. The Kier molecular flexibility index (Phi) is 25.8. The van der Waals surface area contributed by atoms with Crippen LogP contribution in [0.3, 0.4) is 0 Å². The summed E-state index contributed by atoms with van der Waals surface area (Å²) in [6, 6.07) is 0. The normalized spacial score (nSPS) is 21.8. The van der Waals surface area contributed by atoms with Gasteiger partial charge in [0.05, 0.1) is 0 Å². The van der Waals surface area contributed by atoms with E-state index in [4.69, 9.17) is 0 Å². The fraction of sp³-hybridized carbons (Fsp3) is 1.00. The van der Waals surface area contributed by atoms with Gasteiger partial charge in [-0.3, -0.25) is 0 Å². The topological polar surface area (TPSA) is 0 Å². The van der Waals surface area contributed by atoms with Gasteiger partial charge in [0.1, 0.15) is 0 Å². The van der Waals surface area contributed by atoms with E-state index in [0.29, 0.717) is 0 Å². The second kappa shape index (κ2) is 27.2. The summed E-state index contributed by atoms with van der Waals surface area (Å²) >= 11 is 0. The largest absolute Gasteiger partial charge is 0.0654 e. The zero-order chi connectivity index (χ0) is 27.5. The zero-order valence-electron chi connectivity index (χ0n) is 27.5. The quantitative estimate of drug-likeness (QED) is 0.0879. The van der Waals surface area contributed by atoms with Gasteiger partial charge in [0.15, 0.2) is 0 Å². The highest BCUT2D eigenvalue weighted by molar-refractivity contribution is 4.88. The fourth-order valence-corrected chi connectivity index (χ4v) is 7.87. The zero-order valence-corrected chi connectivity index (χ0v) is 27.5. The molecule has 0 nitrogen and oxygen atoms in total. The van der Waals surface area contributed by atoms with Crippen LogP contribution in [0.1, 0.15) is 220 Å². The second-order valence-electron chi connectivity index (χ2n) is 13.7. The van der Waals surface area contributed by atoms with Crippen LogP contribution in [0.2, 0.25) is 0 Å². The first-order valence-corrected chi connectivity index (χ1v) is 18.8. The Labute approximate surface area is 243 Å². The highest BCUT2D eigenvalue weighted by Crippen LogP contribution is 2.47. The molecule has 0 radical (unpaired) electrons. The Bertz CT molecular complexity index is 451. The van der Waals surface area contributed by atoms with Crippen LogP contribution in [0.5, 0.6) is 0 Å². The number of hydrogen-bond donors (Lipinski definition) is 0. The molecule has 1 rings (SSSR count). The summed E-state index contributed by atoms with van der Waals surface area (Å²) in [5.41, 5.74) is 0. The van der Waals surface area contributed by atoms with E-state index in [0.717, 1.165) is 23.7 Å². The standard InChI is InChI=1S/C38H76/c1-5-9-13-17-20-22-26-30-36-34-33-35(29-25-16-12-8-4)37(31-27-23-19-15-11-7-3)38(36)32-28-24-21-18-14-10-6-2/h35-38H,5-34H2,1-4H3. The van der Waals surface area contributed by atoms with Gasteiger partial charge in [0.2, 0.25) is 0 Å². The van der Waals surface area contributed by atoms with E-state index < -0.39 is 0 Å². The molecule has 4 atom stereocenters. The van der Waals surface area contributed by atoms with E-state index in [2.05, 4.69) is 27.7 Å². The van der Waals surface area contributed by atoms with Crippen molar-refractivity contribution >= 4 is 0 Å². The van der Waals surface area contributed by atoms with Crippen molar-refractivity contribution in [3.05, 3.63) is 0 Å². The molecule has 0 aromatic rings. The lowest BCUT2D eigenvalue weighted by molar-refractivity contribution is 0.0581. The molecular formula is C38H76. The van der Waals surface area contributed by atoms with Crippen molar-refractivity contribution in [3.63, 3.8) is 0 Å². The van der Waals surface area contributed by atoms with Gasteiger partial charge in [-0.15, -0.1) is 0 Å². The van der Waals surface area contributed by atoms with Crippen LogP contribution in [0.15, 0.2) is 0 Å².